The van der Waals surface area contributed by atoms with Gasteiger partial charge in [-0.05, 0) is 36.4 Å². The minimum absolute atomic E-state index is 0. The first-order valence-electron chi connectivity index (χ1n) is 8.98. The molecule has 0 radical (unpaired) electrons. The van der Waals surface area contributed by atoms with Gasteiger partial charge in [-0.1, -0.05) is 23.2 Å². The maximum Gasteiger partial charge on any atom is 0.419 e. The SMILES string of the molecule is CNOC.CO.CON(C)C(=O)c1cc(Cl)ccc1N.Cl.O=c1[nH]c2ccc(Cl)cc2c(=O)o1. The lowest BCUT2D eigenvalue weighted by Gasteiger charge is -2.14. The van der Waals surface area contributed by atoms with Crippen LogP contribution in [0.15, 0.2) is 50.4 Å². The number of rotatable bonds is 3. The summed E-state index contributed by atoms with van der Waals surface area (Å²) in [7, 11) is 7.18. The van der Waals surface area contributed by atoms with Gasteiger partial charge in [-0.25, -0.2) is 20.1 Å². The molecule has 0 aliphatic heterocycles. The van der Waals surface area contributed by atoms with Crippen molar-refractivity contribution in [1.29, 1.82) is 0 Å². The van der Waals surface area contributed by atoms with Gasteiger partial charge < -0.3 is 20.1 Å². The molecule has 0 aliphatic carbocycles. The molecule has 0 atom stereocenters. The molecular formula is C20H27Cl3N4O7. The van der Waals surface area contributed by atoms with Gasteiger partial charge in [0, 0.05) is 36.9 Å². The van der Waals surface area contributed by atoms with E-state index in [1.54, 1.807) is 38.4 Å². The van der Waals surface area contributed by atoms with Crippen LogP contribution in [0, 0.1) is 0 Å². The highest BCUT2D eigenvalue weighted by Crippen LogP contribution is 2.19. The van der Waals surface area contributed by atoms with Gasteiger partial charge in [0.25, 0.3) is 5.91 Å². The van der Waals surface area contributed by atoms with Crippen molar-refractivity contribution in [2.24, 2.45) is 0 Å². The van der Waals surface area contributed by atoms with Gasteiger partial charge >= 0.3 is 11.4 Å². The monoisotopic (exact) mass is 540 g/mol. The molecule has 0 unspecified atom stereocenters. The zero-order chi connectivity index (χ0) is 25.6. The molecular weight excluding hydrogens is 515 g/mol. The number of benzene rings is 2. The average Bonchev–Trinajstić information content (AvgIpc) is 2.82. The van der Waals surface area contributed by atoms with Crippen LogP contribution in [0.1, 0.15) is 10.4 Å². The summed E-state index contributed by atoms with van der Waals surface area (Å²) in [4.78, 5) is 44.9. The number of nitrogens with one attached hydrogen (secondary N) is 2. The van der Waals surface area contributed by atoms with E-state index in [0.717, 1.165) is 12.2 Å². The van der Waals surface area contributed by atoms with E-state index < -0.39 is 11.4 Å². The fraction of sp³-hybridized carbons (Fsp3) is 0.250. The molecule has 0 spiro atoms. The predicted octanol–water partition coefficient (Wildman–Crippen LogP) is 2.49. The number of aliphatic hydroxyl groups excluding tert-OH is 1. The number of carbonyl (C=O) groups is 1. The zero-order valence-electron chi connectivity index (χ0n) is 19.0. The van der Waals surface area contributed by atoms with Crippen molar-refractivity contribution in [2.75, 3.05) is 41.2 Å². The van der Waals surface area contributed by atoms with Gasteiger partial charge in [0.1, 0.15) is 0 Å². The molecule has 1 aromatic heterocycles. The molecule has 34 heavy (non-hydrogen) atoms. The quantitative estimate of drug-likeness (QED) is 0.288. The van der Waals surface area contributed by atoms with Gasteiger partial charge in [0.2, 0.25) is 0 Å². The standard InChI is InChI=1S/C9H11ClN2O2.C8H4ClNO3.C2H7NO.CH4O.ClH/c1-12(14-2)9(13)7-5-6(10)3-4-8(7)11;9-4-1-2-6-5(3-4)7(11)13-8(12)10-6;1-3-4-2;1-2;/h3-5H,11H2,1-2H3;1-3H,(H,10,12);3H,1-2H3;2H,1H3;1H. The summed E-state index contributed by atoms with van der Waals surface area (Å²) < 4.78 is 4.32. The topological polar surface area (TPSA) is 160 Å². The van der Waals surface area contributed by atoms with Gasteiger partial charge in [-0.2, -0.15) is 0 Å². The Bertz CT molecular complexity index is 1140. The maximum atomic E-state index is 11.6. The molecule has 1 amide bonds. The molecule has 1 heterocycles. The number of nitrogens with two attached hydrogens (primary N) is 1. The molecule has 0 bridgehead atoms. The van der Waals surface area contributed by atoms with E-state index >= 15 is 0 Å². The number of carbonyl (C=O) groups excluding carboxylic acids is 1. The summed E-state index contributed by atoms with van der Waals surface area (Å²) in [6, 6.07) is 9.29. The maximum absolute atomic E-state index is 11.6. The number of anilines is 1. The Balaban J connectivity index is 0. The molecule has 3 rings (SSSR count). The van der Waals surface area contributed by atoms with Gasteiger partial charge in [0.05, 0.1) is 30.7 Å². The van der Waals surface area contributed by atoms with Crippen LogP contribution in [-0.2, 0) is 9.68 Å². The Hall–Kier alpha value is -2.64. The summed E-state index contributed by atoms with van der Waals surface area (Å²) in [5.41, 5.74) is 8.51. The fourth-order valence-corrected chi connectivity index (χ4v) is 2.38. The zero-order valence-corrected chi connectivity index (χ0v) is 21.4. The first-order valence-corrected chi connectivity index (χ1v) is 9.74. The minimum atomic E-state index is -0.764. The first kappa shape index (κ1) is 33.5. The number of H-pyrrole nitrogens is 1. The van der Waals surface area contributed by atoms with Crippen LogP contribution >= 0.6 is 35.6 Å². The van der Waals surface area contributed by atoms with Crippen LogP contribution in [0.3, 0.4) is 0 Å². The highest BCUT2D eigenvalue weighted by Gasteiger charge is 2.14. The highest BCUT2D eigenvalue weighted by atomic mass is 35.5. The molecule has 0 fully saturated rings. The Labute approximate surface area is 211 Å². The van der Waals surface area contributed by atoms with E-state index in [1.807, 2.05) is 0 Å². The average molecular weight is 542 g/mol. The van der Waals surface area contributed by atoms with Crippen LogP contribution < -0.4 is 22.6 Å². The van der Waals surface area contributed by atoms with E-state index in [0.29, 0.717) is 26.8 Å². The van der Waals surface area contributed by atoms with Crippen LogP contribution in [-0.4, -0.2) is 56.5 Å². The van der Waals surface area contributed by atoms with E-state index in [9.17, 15) is 14.4 Å². The first-order chi connectivity index (χ1) is 15.6. The molecule has 0 aliphatic rings. The van der Waals surface area contributed by atoms with E-state index in [-0.39, 0.29) is 23.7 Å². The number of nitrogen functional groups attached to an aromatic ring is 1. The molecule has 190 valence electrons. The number of aromatic amines is 1. The Morgan fingerprint density at radius 1 is 1.12 bits per heavy atom. The lowest BCUT2D eigenvalue weighted by molar-refractivity contribution is -0.0756. The van der Waals surface area contributed by atoms with Crippen molar-refractivity contribution in [3.05, 3.63) is 73.0 Å². The number of hydrogen-bond donors (Lipinski definition) is 4. The second-order valence-electron chi connectivity index (χ2n) is 5.62. The molecule has 0 saturated carbocycles. The fourth-order valence-electron chi connectivity index (χ4n) is 2.04. The second-order valence-corrected chi connectivity index (χ2v) is 6.49. The smallest absolute Gasteiger partial charge is 0.400 e. The van der Waals surface area contributed by atoms with Crippen LogP contribution in [0.25, 0.3) is 10.9 Å². The second kappa shape index (κ2) is 17.8. The Morgan fingerprint density at radius 3 is 2.18 bits per heavy atom. The predicted molar refractivity (Wildman–Crippen MR) is 135 cm³/mol. The molecule has 2 aromatic carbocycles. The third-order valence-electron chi connectivity index (χ3n) is 3.63. The van der Waals surface area contributed by atoms with E-state index in [2.05, 4.69) is 19.7 Å². The van der Waals surface area contributed by atoms with E-state index in [4.69, 9.17) is 38.9 Å². The highest BCUT2D eigenvalue weighted by molar-refractivity contribution is 6.31. The van der Waals surface area contributed by atoms with Crippen molar-refractivity contribution in [2.45, 2.75) is 0 Å². The third kappa shape index (κ3) is 11.0. The number of hydrogen-bond acceptors (Lipinski definition) is 9. The van der Waals surface area contributed by atoms with Crippen molar-refractivity contribution < 1.29 is 24.0 Å². The summed E-state index contributed by atoms with van der Waals surface area (Å²) in [5, 5.41) is 9.24. The van der Waals surface area contributed by atoms with Crippen LogP contribution in [0.5, 0.6) is 0 Å². The number of amides is 1. The number of halogens is 3. The van der Waals surface area contributed by atoms with Crippen molar-refractivity contribution >= 4 is 58.1 Å². The summed E-state index contributed by atoms with van der Waals surface area (Å²) >= 11 is 11.4. The normalized spacial score (nSPS) is 9.18. The van der Waals surface area contributed by atoms with Crippen molar-refractivity contribution in [3.8, 4) is 0 Å². The number of aliphatic hydroxyl groups is 1. The Kier molecular flexibility index (Phi) is 17.5. The molecule has 0 saturated heterocycles. The van der Waals surface area contributed by atoms with Gasteiger partial charge in [-0.3, -0.25) is 14.6 Å². The number of aromatic nitrogens is 1. The molecule has 14 heteroatoms. The van der Waals surface area contributed by atoms with Gasteiger partial charge in [0.15, 0.2) is 0 Å². The number of hydroxylamine groups is 3. The largest absolute Gasteiger partial charge is 0.419 e. The van der Waals surface area contributed by atoms with Gasteiger partial charge in [-0.15, -0.1) is 12.4 Å². The van der Waals surface area contributed by atoms with Crippen molar-refractivity contribution in [1.82, 2.24) is 15.5 Å². The number of nitrogens with zero attached hydrogens (tertiary/aromatic N) is 1. The lowest BCUT2D eigenvalue weighted by Crippen LogP contribution is -2.26. The third-order valence-corrected chi connectivity index (χ3v) is 4.10. The molecule has 11 nitrogen and oxygen atoms in total. The Morgan fingerprint density at radius 2 is 1.65 bits per heavy atom. The van der Waals surface area contributed by atoms with Crippen LogP contribution in [0.4, 0.5) is 5.69 Å². The van der Waals surface area contributed by atoms with Crippen LogP contribution in [0.2, 0.25) is 10.0 Å². The molecule has 3 aromatic rings. The minimum Gasteiger partial charge on any atom is -0.400 e. The summed E-state index contributed by atoms with van der Waals surface area (Å²) in [5.74, 6) is -1.09. The number of fused-ring (bicyclic) bond motifs is 1. The lowest BCUT2D eigenvalue weighted by atomic mass is 10.1. The van der Waals surface area contributed by atoms with E-state index in [1.165, 1.54) is 26.3 Å². The summed E-state index contributed by atoms with van der Waals surface area (Å²) in [6.07, 6.45) is 0. The summed E-state index contributed by atoms with van der Waals surface area (Å²) in [6.45, 7) is 0. The van der Waals surface area contributed by atoms with Crippen molar-refractivity contribution in [3.63, 3.8) is 0 Å². The molecule has 5 N–H and O–H groups in total.